The molecule has 18 heavy (non-hydrogen) atoms. The van der Waals surface area contributed by atoms with E-state index < -0.39 is 0 Å². The van der Waals surface area contributed by atoms with E-state index in [9.17, 15) is 0 Å². The number of nitrogens with two attached hydrogens (primary N) is 1. The Morgan fingerprint density at radius 2 is 2.00 bits per heavy atom. The SMILES string of the molecule is Cc1nc(N)cc(N2CCC(CN(C)C)CC2)n1. The highest BCUT2D eigenvalue weighted by Gasteiger charge is 2.20. The van der Waals surface area contributed by atoms with E-state index in [1.54, 1.807) is 0 Å². The van der Waals surface area contributed by atoms with Crippen LogP contribution in [0.1, 0.15) is 18.7 Å². The number of hydrogen-bond donors (Lipinski definition) is 1. The third-order valence-corrected chi connectivity index (χ3v) is 3.41. The highest BCUT2D eigenvalue weighted by molar-refractivity contribution is 5.47. The molecular formula is C13H23N5. The lowest BCUT2D eigenvalue weighted by molar-refractivity contribution is 0.284. The minimum absolute atomic E-state index is 0.563. The largest absolute Gasteiger partial charge is 0.384 e. The van der Waals surface area contributed by atoms with Crippen LogP contribution in [0.15, 0.2) is 6.07 Å². The van der Waals surface area contributed by atoms with E-state index in [1.807, 2.05) is 13.0 Å². The Hall–Kier alpha value is -1.36. The first-order chi connectivity index (χ1) is 8.54. The molecule has 0 aliphatic carbocycles. The molecule has 0 spiro atoms. The van der Waals surface area contributed by atoms with Crippen LogP contribution < -0.4 is 10.6 Å². The highest BCUT2D eigenvalue weighted by Crippen LogP contribution is 2.23. The molecule has 1 saturated heterocycles. The van der Waals surface area contributed by atoms with E-state index in [0.717, 1.165) is 30.6 Å². The van der Waals surface area contributed by atoms with Gasteiger partial charge in [-0.15, -0.1) is 0 Å². The number of hydrogen-bond acceptors (Lipinski definition) is 5. The van der Waals surface area contributed by atoms with E-state index in [0.29, 0.717) is 5.82 Å². The van der Waals surface area contributed by atoms with Crippen LogP contribution in [-0.2, 0) is 0 Å². The van der Waals surface area contributed by atoms with Crippen LogP contribution in [0.4, 0.5) is 11.6 Å². The van der Waals surface area contributed by atoms with Gasteiger partial charge in [0.15, 0.2) is 0 Å². The summed E-state index contributed by atoms with van der Waals surface area (Å²) in [5.74, 6) is 3.09. The smallest absolute Gasteiger partial charge is 0.134 e. The van der Waals surface area contributed by atoms with E-state index >= 15 is 0 Å². The number of aryl methyl sites for hydroxylation is 1. The first-order valence-corrected chi connectivity index (χ1v) is 6.55. The highest BCUT2D eigenvalue weighted by atomic mass is 15.2. The topological polar surface area (TPSA) is 58.3 Å². The fourth-order valence-electron chi connectivity index (χ4n) is 2.60. The van der Waals surface area contributed by atoms with Crippen molar-refractivity contribution < 1.29 is 0 Å². The minimum Gasteiger partial charge on any atom is -0.384 e. The summed E-state index contributed by atoms with van der Waals surface area (Å²) in [5, 5.41) is 0. The predicted octanol–water partition coefficient (Wildman–Crippen LogP) is 1.15. The van der Waals surface area contributed by atoms with Gasteiger partial charge in [-0.3, -0.25) is 0 Å². The van der Waals surface area contributed by atoms with Crippen LogP contribution >= 0.6 is 0 Å². The average molecular weight is 249 g/mol. The van der Waals surface area contributed by atoms with Crippen molar-refractivity contribution in [2.75, 3.05) is 44.4 Å². The maximum absolute atomic E-state index is 5.77. The average Bonchev–Trinajstić information content (AvgIpc) is 2.27. The molecule has 5 heteroatoms. The summed E-state index contributed by atoms with van der Waals surface area (Å²) in [4.78, 5) is 13.2. The third-order valence-electron chi connectivity index (χ3n) is 3.41. The fraction of sp³-hybridized carbons (Fsp3) is 0.692. The molecule has 0 unspecified atom stereocenters. The Bertz CT molecular complexity index is 376. The van der Waals surface area contributed by atoms with Crippen LogP contribution in [0.2, 0.25) is 0 Å². The molecule has 2 N–H and O–H groups in total. The van der Waals surface area contributed by atoms with Crippen molar-refractivity contribution in [2.24, 2.45) is 5.92 Å². The Labute approximate surface area is 109 Å². The summed E-state index contributed by atoms with van der Waals surface area (Å²) in [6.07, 6.45) is 2.45. The van der Waals surface area contributed by atoms with Crippen molar-refractivity contribution in [1.29, 1.82) is 0 Å². The summed E-state index contributed by atoms with van der Waals surface area (Å²) in [6.45, 7) is 5.19. The summed E-state index contributed by atoms with van der Waals surface area (Å²) in [7, 11) is 4.28. The number of nitrogen functional groups attached to an aromatic ring is 1. The van der Waals surface area contributed by atoms with Gasteiger partial charge in [0.25, 0.3) is 0 Å². The zero-order valence-electron chi connectivity index (χ0n) is 11.6. The molecule has 0 saturated carbocycles. The second kappa shape index (κ2) is 5.52. The Kier molecular flexibility index (Phi) is 4.01. The number of nitrogens with zero attached hydrogens (tertiary/aromatic N) is 4. The molecule has 0 atom stereocenters. The number of piperidine rings is 1. The summed E-state index contributed by atoms with van der Waals surface area (Å²) in [6, 6.07) is 1.87. The van der Waals surface area contributed by atoms with Crippen LogP contribution in [0.3, 0.4) is 0 Å². The van der Waals surface area contributed by atoms with Gasteiger partial charge in [-0.1, -0.05) is 0 Å². The van der Waals surface area contributed by atoms with Gasteiger partial charge in [-0.2, -0.15) is 0 Å². The van der Waals surface area contributed by atoms with E-state index in [2.05, 4.69) is 33.9 Å². The van der Waals surface area contributed by atoms with Crippen LogP contribution in [-0.4, -0.2) is 48.6 Å². The van der Waals surface area contributed by atoms with Gasteiger partial charge in [0.2, 0.25) is 0 Å². The van der Waals surface area contributed by atoms with Crippen molar-refractivity contribution in [3.63, 3.8) is 0 Å². The molecule has 100 valence electrons. The Balaban J connectivity index is 1.96. The van der Waals surface area contributed by atoms with Crippen molar-refractivity contribution >= 4 is 11.6 Å². The second-order valence-corrected chi connectivity index (χ2v) is 5.39. The van der Waals surface area contributed by atoms with Crippen molar-refractivity contribution in [3.05, 3.63) is 11.9 Å². The molecule has 1 aliphatic rings. The number of rotatable bonds is 3. The lowest BCUT2D eigenvalue weighted by Gasteiger charge is -2.34. The zero-order chi connectivity index (χ0) is 13.1. The standard InChI is InChI=1S/C13H23N5/c1-10-15-12(14)8-13(16-10)18-6-4-11(5-7-18)9-17(2)3/h8,11H,4-7,9H2,1-3H3,(H2,14,15,16). The van der Waals surface area contributed by atoms with E-state index in [4.69, 9.17) is 5.73 Å². The van der Waals surface area contributed by atoms with Gasteiger partial charge in [-0.25, -0.2) is 9.97 Å². The molecule has 0 bridgehead atoms. The van der Waals surface area contributed by atoms with Gasteiger partial charge in [0.05, 0.1) is 0 Å². The molecule has 0 radical (unpaired) electrons. The fourth-order valence-corrected chi connectivity index (χ4v) is 2.60. The first kappa shape index (κ1) is 13.1. The van der Waals surface area contributed by atoms with Gasteiger partial charge in [0.1, 0.15) is 17.5 Å². The molecule has 0 amide bonds. The summed E-state index contributed by atoms with van der Waals surface area (Å²) >= 11 is 0. The lowest BCUT2D eigenvalue weighted by Crippen LogP contribution is -2.37. The molecule has 1 aromatic heterocycles. The van der Waals surface area contributed by atoms with Gasteiger partial charge in [0, 0.05) is 25.7 Å². The summed E-state index contributed by atoms with van der Waals surface area (Å²) < 4.78 is 0. The molecule has 2 rings (SSSR count). The summed E-state index contributed by atoms with van der Waals surface area (Å²) in [5.41, 5.74) is 5.77. The third kappa shape index (κ3) is 3.32. The maximum Gasteiger partial charge on any atom is 0.134 e. The van der Waals surface area contributed by atoms with Crippen LogP contribution in [0, 0.1) is 12.8 Å². The van der Waals surface area contributed by atoms with Gasteiger partial charge < -0.3 is 15.5 Å². The van der Waals surface area contributed by atoms with Crippen molar-refractivity contribution in [2.45, 2.75) is 19.8 Å². The van der Waals surface area contributed by atoms with Crippen LogP contribution in [0.5, 0.6) is 0 Å². The molecule has 5 nitrogen and oxygen atoms in total. The second-order valence-electron chi connectivity index (χ2n) is 5.39. The Morgan fingerprint density at radius 3 is 2.56 bits per heavy atom. The van der Waals surface area contributed by atoms with Gasteiger partial charge >= 0.3 is 0 Å². The monoisotopic (exact) mass is 249 g/mol. The molecular weight excluding hydrogens is 226 g/mol. The molecule has 1 aromatic rings. The molecule has 1 fully saturated rings. The van der Waals surface area contributed by atoms with Crippen molar-refractivity contribution in [3.8, 4) is 0 Å². The van der Waals surface area contributed by atoms with Crippen LogP contribution in [0.25, 0.3) is 0 Å². The lowest BCUT2D eigenvalue weighted by atomic mass is 9.96. The van der Waals surface area contributed by atoms with Crippen molar-refractivity contribution in [1.82, 2.24) is 14.9 Å². The molecule has 1 aliphatic heterocycles. The minimum atomic E-state index is 0.563. The van der Waals surface area contributed by atoms with E-state index in [1.165, 1.54) is 19.4 Å². The predicted molar refractivity (Wildman–Crippen MR) is 74.7 cm³/mol. The first-order valence-electron chi connectivity index (χ1n) is 6.55. The zero-order valence-corrected chi connectivity index (χ0v) is 11.6. The Morgan fingerprint density at radius 1 is 1.33 bits per heavy atom. The van der Waals surface area contributed by atoms with E-state index in [-0.39, 0.29) is 0 Å². The number of anilines is 2. The molecule has 0 aromatic carbocycles. The number of aromatic nitrogens is 2. The molecule has 2 heterocycles. The van der Waals surface area contributed by atoms with Gasteiger partial charge in [-0.05, 0) is 39.8 Å². The quantitative estimate of drug-likeness (QED) is 0.870. The normalized spacial score (nSPS) is 17.4. The maximum atomic E-state index is 5.77.